The minimum atomic E-state index is -0.672. The number of piperidine rings is 1. The molecular formula is C27H33NO5. The Labute approximate surface area is 195 Å². The number of aryl methyl sites for hydroxylation is 1. The van der Waals surface area contributed by atoms with Crippen LogP contribution in [0.4, 0.5) is 0 Å². The molecule has 0 unspecified atom stereocenters. The number of ether oxygens (including phenoxy) is 3. The molecule has 2 aliphatic rings. The van der Waals surface area contributed by atoms with Gasteiger partial charge in [-0.25, -0.2) is 0 Å². The summed E-state index contributed by atoms with van der Waals surface area (Å²) in [4.78, 5) is 13.5. The molecule has 0 saturated carbocycles. The van der Waals surface area contributed by atoms with Crippen LogP contribution in [0.15, 0.2) is 42.0 Å². The molecule has 2 aromatic rings. The summed E-state index contributed by atoms with van der Waals surface area (Å²) < 4.78 is 17.6. The third-order valence-electron chi connectivity index (χ3n) is 6.41. The van der Waals surface area contributed by atoms with Gasteiger partial charge in [-0.2, -0.15) is 0 Å². The molecular weight excluding hydrogens is 418 g/mol. The molecule has 0 aliphatic carbocycles. The zero-order chi connectivity index (χ0) is 23.2. The second-order valence-corrected chi connectivity index (χ2v) is 8.86. The van der Waals surface area contributed by atoms with Crippen LogP contribution in [0.5, 0.6) is 17.2 Å². The fraction of sp³-hybridized carbons (Fsp3) is 0.444. The standard InChI is InChI=1S/C27H33NO5/c1-3-4-19-5-6-23(25(14-19)31-2)18-32-24-8-7-22-13-20(17-33-26(22)15-24)16-28-11-9-21(10-12-28)27(29)30/h5-8,13-15,21H,3-4,9-12,16-18H2,1-2H3,(H,29,30). The van der Waals surface area contributed by atoms with Crippen molar-refractivity contribution in [1.82, 2.24) is 4.90 Å². The van der Waals surface area contributed by atoms with Crippen LogP contribution in [0.2, 0.25) is 0 Å². The summed E-state index contributed by atoms with van der Waals surface area (Å²) in [5.74, 6) is 1.57. The van der Waals surface area contributed by atoms with Gasteiger partial charge in [-0.05, 0) is 67.8 Å². The SMILES string of the molecule is CCCc1ccc(COc2ccc3c(c2)OCC(CN2CCC(C(=O)O)CC2)=C3)c(OC)c1. The van der Waals surface area contributed by atoms with Gasteiger partial charge in [-0.15, -0.1) is 0 Å². The molecule has 0 aromatic heterocycles. The van der Waals surface area contributed by atoms with Crippen LogP contribution in [0.3, 0.4) is 0 Å². The largest absolute Gasteiger partial charge is 0.496 e. The molecule has 176 valence electrons. The molecule has 0 spiro atoms. The number of hydrogen-bond acceptors (Lipinski definition) is 5. The zero-order valence-electron chi connectivity index (χ0n) is 19.5. The van der Waals surface area contributed by atoms with E-state index in [1.165, 1.54) is 11.1 Å². The highest BCUT2D eigenvalue weighted by atomic mass is 16.5. The van der Waals surface area contributed by atoms with E-state index in [2.05, 4.69) is 36.1 Å². The van der Waals surface area contributed by atoms with E-state index in [1.807, 2.05) is 18.2 Å². The van der Waals surface area contributed by atoms with E-state index < -0.39 is 5.97 Å². The number of hydrogen-bond donors (Lipinski definition) is 1. The Hall–Kier alpha value is -2.99. The molecule has 0 amide bonds. The van der Waals surface area contributed by atoms with Gasteiger partial charge in [0.2, 0.25) is 0 Å². The van der Waals surface area contributed by atoms with Crippen molar-refractivity contribution in [1.29, 1.82) is 0 Å². The summed E-state index contributed by atoms with van der Waals surface area (Å²) in [6, 6.07) is 12.2. The summed E-state index contributed by atoms with van der Waals surface area (Å²) in [5, 5.41) is 9.17. The van der Waals surface area contributed by atoms with Gasteiger partial charge in [0.25, 0.3) is 0 Å². The highest BCUT2D eigenvalue weighted by Crippen LogP contribution is 2.32. The molecule has 1 N–H and O–H groups in total. The third kappa shape index (κ3) is 5.88. The maximum absolute atomic E-state index is 11.1. The molecule has 0 bridgehead atoms. The number of carbonyl (C=O) groups is 1. The van der Waals surface area contributed by atoms with Gasteiger partial charge in [-0.1, -0.05) is 25.5 Å². The van der Waals surface area contributed by atoms with Crippen molar-refractivity contribution in [3.63, 3.8) is 0 Å². The predicted octanol–water partition coefficient (Wildman–Crippen LogP) is 4.80. The van der Waals surface area contributed by atoms with Crippen LogP contribution in [0, 0.1) is 5.92 Å². The number of likely N-dealkylation sites (tertiary alicyclic amines) is 1. The molecule has 0 atom stereocenters. The Morgan fingerprint density at radius 2 is 2.00 bits per heavy atom. The highest BCUT2D eigenvalue weighted by molar-refractivity contribution is 5.70. The van der Waals surface area contributed by atoms with Crippen molar-refractivity contribution in [2.75, 3.05) is 33.4 Å². The molecule has 0 radical (unpaired) electrons. The maximum atomic E-state index is 11.1. The first-order valence-corrected chi connectivity index (χ1v) is 11.8. The van der Waals surface area contributed by atoms with Gasteiger partial charge in [0.15, 0.2) is 0 Å². The van der Waals surface area contributed by atoms with Crippen molar-refractivity contribution in [2.45, 2.75) is 39.2 Å². The van der Waals surface area contributed by atoms with Gasteiger partial charge in [0.05, 0.1) is 13.0 Å². The van der Waals surface area contributed by atoms with E-state index in [9.17, 15) is 9.90 Å². The maximum Gasteiger partial charge on any atom is 0.306 e. The first-order valence-electron chi connectivity index (χ1n) is 11.8. The second-order valence-electron chi connectivity index (χ2n) is 8.86. The normalized spacial score (nSPS) is 16.5. The quantitative estimate of drug-likeness (QED) is 0.591. The minimum absolute atomic E-state index is 0.203. The molecule has 2 aliphatic heterocycles. The summed E-state index contributed by atoms with van der Waals surface area (Å²) >= 11 is 0. The first-order chi connectivity index (χ1) is 16.1. The summed E-state index contributed by atoms with van der Waals surface area (Å²) in [6.07, 6.45) is 5.75. The van der Waals surface area contributed by atoms with E-state index in [4.69, 9.17) is 14.2 Å². The van der Waals surface area contributed by atoms with E-state index >= 15 is 0 Å². The lowest BCUT2D eigenvalue weighted by Crippen LogP contribution is -2.38. The Morgan fingerprint density at radius 3 is 2.73 bits per heavy atom. The smallest absolute Gasteiger partial charge is 0.306 e. The van der Waals surface area contributed by atoms with Crippen LogP contribution in [0.25, 0.3) is 6.08 Å². The Balaban J connectivity index is 1.35. The van der Waals surface area contributed by atoms with E-state index in [0.717, 1.165) is 60.9 Å². The molecule has 2 aromatic carbocycles. The summed E-state index contributed by atoms with van der Waals surface area (Å²) in [7, 11) is 1.69. The van der Waals surface area contributed by atoms with Crippen LogP contribution in [0.1, 0.15) is 42.9 Å². The number of benzene rings is 2. The fourth-order valence-corrected chi connectivity index (χ4v) is 4.51. The lowest BCUT2D eigenvalue weighted by molar-refractivity contribution is -0.143. The molecule has 33 heavy (non-hydrogen) atoms. The Morgan fingerprint density at radius 1 is 1.18 bits per heavy atom. The van der Waals surface area contributed by atoms with Crippen LogP contribution >= 0.6 is 0 Å². The number of nitrogens with zero attached hydrogens (tertiary/aromatic N) is 1. The number of carboxylic acids is 1. The van der Waals surface area contributed by atoms with E-state index in [1.54, 1.807) is 7.11 Å². The van der Waals surface area contributed by atoms with Crippen LogP contribution in [-0.4, -0.2) is 49.3 Å². The van der Waals surface area contributed by atoms with Crippen LogP contribution < -0.4 is 14.2 Å². The highest BCUT2D eigenvalue weighted by Gasteiger charge is 2.25. The van der Waals surface area contributed by atoms with Gasteiger partial charge in [0.1, 0.15) is 30.5 Å². The average Bonchev–Trinajstić information content (AvgIpc) is 2.83. The number of rotatable bonds is 9. The van der Waals surface area contributed by atoms with Crippen LogP contribution in [-0.2, 0) is 17.8 Å². The second kappa shape index (κ2) is 10.8. The minimum Gasteiger partial charge on any atom is -0.496 e. The summed E-state index contributed by atoms with van der Waals surface area (Å²) in [6.45, 7) is 5.60. The predicted molar refractivity (Wildman–Crippen MR) is 128 cm³/mol. The van der Waals surface area contributed by atoms with Crippen molar-refractivity contribution >= 4 is 12.0 Å². The molecule has 6 nitrogen and oxygen atoms in total. The van der Waals surface area contributed by atoms with Crippen molar-refractivity contribution in [3.8, 4) is 17.2 Å². The zero-order valence-corrected chi connectivity index (χ0v) is 19.5. The van der Waals surface area contributed by atoms with Gasteiger partial charge in [0, 0.05) is 23.7 Å². The Kier molecular flexibility index (Phi) is 7.55. The topological polar surface area (TPSA) is 68.2 Å². The number of fused-ring (bicyclic) bond motifs is 1. The van der Waals surface area contributed by atoms with Gasteiger partial charge in [-0.3, -0.25) is 9.69 Å². The lowest BCUT2D eigenvalue weighted by atomic mass is 9.96. The van der Waals surface area contributed by atoms with Crippen molar-refractivity contribution in [3.05, 3.63) is 58.7 Å². The fourth-order valence-electron chi connectivity index (χ4n) is 4.51. The monoisotopic (exact) mass is 451 g/mol. The Bertz CT molecular complexity index is 1010. The number of carboxylic acid groups (broad SMARTS) is 1. The van der Waals surface area contributed by atoms with E-state index in [0.29, 0.717) is 26.1 Å². The van der Waals surface area contributed by atoms with Gasteiger partial charge < -0.3 is 19.3 Å². The van der Waals surface area contributed by atoms with Crippen molar-refractivity contribution < 1.29 is 24.1 Å². The number of aliphatic carboxylic acids is 1. The lowest BCUT2D eigenvalue weighted by Gasteiger charge is -2.31. The molecule has 1 fully saturated rings. The third-order valence-corrected chi connectivity index (χ3v) is 6.41. The first kappa shape index (κ1) is 23.2. The molecule has 1 saturated heterocycles. The molecule has 6 heteroatoms. The average molecular weight is 452 g/mol. The van der Waals surface area contributed by atoms with E-state index in [-0.39, 0.29) is 5.92 Å². The summed E-state index contributed by atoms with van der Waals surface area (Å²) in [5.41, 5.74) is 4.55. The number of methoxy groups -OCH3 is 1. The van der Waals surface area contributed by atoms with Crippen molar-refractivity contribution in [2.24, 2.45) is 5.92 Å². The van der Waals surface area contributed by atoms with Gasteiger partial charge >= 0.3 is 5.97 Å². The molecule has 4 rings (SSSR count). The molecule has 2 heterocycles.